The van der Waals surface area contributed by atoms with Gasteiger partial charge in [-0.2, -0.15) is 0 Å². The summed E-state index contributed by atoms with van der Waals surface area (Å²) in [7, 11) is 1.19. The number of carbonyl (C=O) groups is 1. The second-order valence-electron chi connectivity index (χ2n) is 3.30. The number of carbonyl (C=O) groups excluding carboxylic acids is 1. The van der Waals surface area contributed by atoms with Crippen molar-refractivity contribution >= 4 is 44.5 Å². The molecule has 0 atom stereocenters. The summed E-state index contributed by atoms with van der Waals surface area (Å²) in [5.74, 6) is -1.19. The molecule has 106 valence electrons. The van der Waals surface area contributed by atoms with E-state index in [2.05, 4.69) is 30.4 Å². The molecule has 0 aliphatic carbocycles. The first-order valence-corrected chi connectivity index (χ1v) is 7.03. The first kappa shape index (κ1) is 16.5. The van der Waals surface area contributed by atoms with Crippen molar-refractivity contribution < 1.29 is 27.4 Å². The smallest absolute Gasteiger partial charge is 0.469 e. The monoisotopic (exact) mass is 453 g/mol. The van der Waals surface area contributed by atoms with E-state index >= 15 is 0 Å². The standard InChI is InChI=1S/C10H8BrF3INO3/c1-18-9(17)3-7-5(4-11)6(15)2-8(16-7)19-10(12,13)14/h2H,3-4H2,1H3. The summed E-state index contributed by atoms with van der Waals surface area (Å²) in [6.45, 7) is 0. The van der Waals surface area contributed by atoms with Crippen LogP contribution in [0.5, 0.6) is 5.88 Å². The highest BCUT2D eigenvalue weighted by Crippen LogP contribution is 2.27. The number of rotatable bonds is 4. The number of nitrogens with zero attached hydrogens (tertiary/aromatic N) is 1. The zero-order valence-corrected chi connectivity index (χ0v) is 13.3. The highest BCUT2D eigenvalue weighted by Gasteiger charge is 2.32. The van der Waals surface area contributed by atoms with Crippen LogP contribution in [0.2, 0.25) is 0 Å². The van der Waals surface area contributed by atoms with Crippen LogP contribution < -0.4 is 4.74 Å². The molecule has 1 heterocycles. The average molecular weight is 454 g/mol. The van der Waals surface area contributed by atoms with E-state index in [-0.39, 0.29) is 12.1 Å². The summed E-state index contributed by atoms with van der Waals surface area (Å²) in [5, 5.41) is 0.358. The first-order chi connectivity index (χ1) is 8.76. The third-order valence-electron chi connectivity index (χ3n) is 2.03. The second kappa shape index (κ2) is 6.73. The van der Waals surface area contributed by atoms with Gasteiger partial charge in [0.05, 0.1) is 19.2 Å². The Balaban J connectivity index is 3.14. The summed E-state index contributed by atoms with van der Waals surface area (Å²) >= 11 is 5.05. The van der Waals surface area contributed by atoms with Crippen molar-refractivity contribution in [2.75, 3.05) is 7.11 Å². The Hall–Kier alpha value is -0.580. The van der Waals surface area contributed by atoms with E-state index in [1.165, 1.54) is 7.11 Å². The topological polar surface area (TPSA) is 48.4 Å². The number of methoxy groups -OCH3 is 1. The summed E-state index contributed by atoms with van der Waals surface area (Å²) in [6, 6.07) is 1.16. The van der Waals surface area contributed by atoms with E-state index in [4.69, 9.17) is 0 Å². The number of halogens is 5. The predicted molar refractivity (Wildman–Crippen MR) is 72.0 cm³/mol. The second-order valence-corrected chi connectivity index (χ2v) is 5.02. The molecule has 0 N–H and O–H groups in total. The van der Waals surface area contributed by atoms with Crippen molar-refractivity contribution in [2.24, 2.45) is 0 Å². The molecule has 19 heavy (non-hydrogen) atoms. The van der Waals surface area contributed by atoms with E-state index in [0.29, 0.717) is 14.5 Å². The Morgan fingerprint density at radius 3 is 2.63 bits per heavy atom. The lowest BCUT2D eigenvalue weighted by atomic mass is 10.1. The van der Waals surface area contributed by atoms with Crippen molar-refractivity contribution in [1.82, 2.24) is 4.98 Å². The lowest BCUT2D eigenvalue weighted by molar-refractivity contribution is -0.276. The Morgan fingerprint density at radius 1 is 1.53 bits per heavy atom. The molecule has 0 saturated heterocycles. The summed E-state index contributed by atoms with van der Waals surface area (Å²) < 4.78 is 45.2. The van der Waals surface area contributed by atoms with Gasteiger partial charge in [-0.3, -0.25) is 4.79 Å². The third kappa shape index (κ3) is 5.13. The van der Waals surface area contributed by atoms with Crippen molar-refractivity contribution in [3.05, 3.63) is 20.9 Å². The SMILES string of the molecule is COC(=O)Cc1nc(OC(F)(F)F)cc(I)c1CBr. The van der Waals surface area contributed by atoms with E-state index in [0.717, 1.165) is 6.07 Å². The molecule has 4 nitrogen and oxygen atoms in total. The van der Waals surface area contributed by atoms with E-state index in [9.17, 15) is 18.0 Å². The van der Waals surface area contributed by atoms with Crippen LogP contribution in [0.15, 0.2) is 6.07 Å². The van der Waals surface area contributed by atoms with E-state index < -0.39 is 18.2 Å². The molecular weight excluding hydrogens is 446 g/mol. The van der Waals surface area contributed by atoms with Gasteiger partial charge in [0.1, 0.15) is 0 Å². The summed E-state index contributed by atoms with van der Waals surface area (Å²) in [4.78, 5) is 14.9. The van der Waals surface area contributed by atoms with Crippen molar-refractivity contribution in [1.29, 1.82) is 0 Å². The van der Waals surface area contributed by atoms with Gasteiger partial charge in [-0.15, -0.1) is 13.2 Å². The number of hydrogen-bond acceptors (Lipinski definition) is 4. The fraction of sp³-hybridized carbons (Fsp3) is 0.400. The van der Waals surface area contributed by atoms with Gasteiger partial charge in [0, 0.05) is 15.0 Å². The summed E-state index contributed by atoms with van der Waals surface area (Å²) in [6.07, 6.45) is -5.04. The van der Waals surface area contributed by atoms with Gasteiger partial charge in [0.25, 0.3) is 0 Å². The molecular formula is C10H8BrF3INO3. The molecule has 0 aliphatic rings. The molecule has 1 aromatic rings. The van der Waals surface area contributed by atoms with Crippen LogP contribution >= 0.6 is 38.5 Å². The van der Waals surface area contributed by atoms with Gasteiger partial charge >= 0.3 is 12.3 Å². The van der Waals surface area contributed by atoms with Crippen LogP contribution in [0.25, 0.3) is 0 Å². The fourth-order valence-electron chi connectivity index (χ4n) is 1.23. The van der Waals surface area contributed by atoms with Crippen LogP contribution in [0.1, 0.15) is 11.3 Å². The first-order valence-electron chi connectivity index (χ1n) is 4.83. The molecule has 1 rings (SSSR count). The lowest BCUT2D eigenvalue weighted by Crippen LogP contribution is -2.19. The summed E-state index contributed by atoms with van der Waals surface area (Å²) in [5.41, 5.74) is 0.815. The number of pyridine rings is 1. The van der Waals surface area contributed by atoms with Crippen LogP contribution in [0, 0.1) is 3.57 Å². The van der Waals surface area contributed by atoms with Gasteiger partial charge in [0.2, 0.25) is 5.88 Å². The zero-order valence-electron chi connectivity index (χ0n) is 9.55. The number of ether oxygens (including phenoxy) is 2. The van der Waals surface area contributed by atoms with Crippen molar-refractivity contribution in [2.45, 2.75) is 18.1 Å². The minimum absolute atomic E-state index is 0.190. The van der Waals surface area contributed by atoms with Gasteiger partial charge in [-0.1, -0.05) is 15.9 Å². The molecule has 0 aliphatic heterocycles. The van der Waals surface area contributed by atoms with Crippen LogP contribution in [-0.4, -0.2) is 24.4 Å². The minimum Gasteiger partial charge on any atom is -0.469 e. The molecule has 0 spiro atoms. The molecule has 0 aromatic carbocycles. The van der Waals surface area contributed by atoms with Crippen molar-refractivity contribution in [3.8, 4) is 5.88 Å². The minimum atomic E-state index is -4.82. The maximum Gasteiger partial charge on any atom is 0.574 e. The molecule has 9 heteroatoms. The Morgan fingerprint density at radius 2 is 2.16 bits per heavy atom. The fourth-order valence-corrected chi connectivity index (χ4v) is 3.15. The maximum atomic E-state index is 12.2. The van der Waals surface area contributed by atoms with Crippen LogP contribution in [-0.2, 0) is 21.3 Å². The average Bonchev–Trinajstić information content (AvgIpc) is 2.26. The predicted octanol–water partition coefficient (Wildman–Crippen LogP) is 3.20. The third-order valence-corrected chi connectivity index (χ3v) is 3.55. The van der Waals surface area contributed by atoms with Crippen LogP contribution in [0.4, 0.5) is 13.2 Å². The molecule has 0 bridgehead atoms. The highest BCUT2D eigenvalue weighted by molar-refractivity contribution is 14.1. The number of alkyl halides is 4. The quantitative estimate of drug-likeness (QED) is 0.399. The van der Waals surface area contributed by atoms with E-state index in [1.807, 2.05) is 22.6 Å². The van der Waals surface area contributed by atoms with Gasteiger partial charge in [-0.05, 0) is 28.2 Å². The van der Waals surface area contributed by atoms with Gasteiger partial charge in [-0.25, -0.2) is 4.98 Å². The maximum absolute atomic E-state index is 12.2. The van der Waals surface area contributed by atoms with Crippen molar-refractivity contribution in [3.63, 3.8) is 0 Å². The highest BCUT2D eigenvalue weighted by atomic mass is 127. The molecule has 0 fully saturated rings. The Bertz CT molecular complexity index is 482. The largest absolute Gasteiger partial charge is 0.574 e. The molecule has 0 unspecified atom stereocenters. The molecule has 0 radical (unpaired) electrons. The molecule has 0 amide bonds. The van der Waals surface area contributed by atoms with Gasteiger partial charge in [0.15, 0.2) is 0 Å². The molecule has 1 aromatic heterocycles. The Kier molecular flexibility index (Phi) is 5.83. The normalized spacial score (nSPS) is 11.3. The van der Waals surface area contributed by atoms with Gasteiger partial charge < -0.3 is 9.47 Å². The number of esters is 1. The number of aromatic nitrogens is 1. The number of hydrogen-bond donors (Lipinski definition) is 0. The molecule has 0 saturated carbocycles. The Labute approximate surface area is 128 Å². The van der Waals surface area contributed by atoms with Crippen LogP contribution in [0.3, 0.4) is 0 Å². The lowest BCUT2D eigenvalue weighted by Gasteiger charge is -2.13. The van der Waals surface area contributed by atoms with E-state index in [1.54, 1.807) is 0 Å². The zero-order chi connectivity index (χ0) is 14.6.